The highest BCUT2D eigenvalue weighted by Gasteiger charge is 2.60. The summed E-state index contributed by atoms with van der Waals surface area (Å²) in [6, 6.07) is 0. The van der Waals surface area contributed by atoms with E-state index in [0.717, 1.165) is 4.90 Å². The van der Waals surface area contributed by atoms with Gasteiger partial charge in [0.05, 0.1) is 0 Å². The van der Waals surface area contributed by atoms with E-state index in [-0.39, 0.29) is 77.9 Å². The van der Waals surface area contributed by atoms with Gasteiger partial charge in [0, 0.05) is 79.8 Å². The summed E-state index contributed by atoms with van der Waals surface area (Å²) in [5.41, 5.74) is 0. The third-order valence-electron chi connectivity index (χ3n) is 7.93. The van der Waals surface area contributed by atoms with Crippen molar-refractivity contribution in [3.63, 3.8) is 0 Å². The summed E-state index contributed by atoms with van der Waals surface area (Å²) in [5.74, 6) is -2.12. The van der Waals surface area contributed by atoms with Crippen molar-refractivity contribution in [2.75, 3.05) is 79.8 Å². The predicted octanol–water partition coefficient (Wildman–Crippen LogP) is 4.75. The van der Waals surface area contributed by atoms with Crippen LogP contribution in [-0.2, 0) is 19.0 Å². The van der Waals surface area contributed by atoms with Crippen LogP contribution >= 0.6 is 0 Å². The molecule has 1 rings (SSSR count). The van der Waals surface area contributed by atoms with Crippen LogP contribution in [0.25, 0.3) is 0 Å². The highest BCUT2D eigenvalue weighted by Crippen LogP contribution is 2.39. The summed E-state index contributed by atoms with van der Waals surface area (Å²) in [4.78, 5) is 14.8. The molecule has 4 atom stereocenters. The number of carbonyl (C=O) groups excluding carboxylic acids is 1. The lowest BCUT2D eigenvalue weighted by atomic mass is 10.2. The van der Waals surface area contributed by atoms with Crippen LogP contribution in [0.5, 0.6) is 0 Å². The van der Waals surface area contributed by atoms with Gasteiger partial charge in [0.25, 0.3) is 0 Å². The van der Waals surface area contributed by atoms with E-state index < -0.39 is 81.6 Å². The number of nitrogens with zero attached hydrogens (tertiary/aromatic N) is 4. The van der Waals surface area contributed by atoms with E-state index >= 15 is 0 Å². The molecular formula is C29H48F12N4O6. The van der Waals surface area contributed by atoms with Crippen LogP contribution < -0.4 is 0 Å². The number of aliphatic hydroxyl groups is 2. The molecule has 22 heteroatoms. The second kappa shape index (κ2) is 21.9. The first-order valence-electron chi connectivity index (χ1n) is 16.3. The minimum atomic E-state index is -5.19. The Bertz CT molecular complexity index is 974. The summed E-state index contributed by atoms with van der Waals surface area (Å²) < 4.78 is 173. The molecule has 1 saturated heterocycles. The zero-order valence-electron chi connectivity index (χ0n) is 28.4. The molecule has 0 aromatic heterocycles. The molecule has 0 aliphatic carbocycles. The predicted molar refractivity (Wildman–Crippen MR) is 157 cm³/mol. The molecule has 1 fully saturated rings. The SMILES string of the molecule is COCCCCN(CCCN(CCCCN(CCCN(CCCCOC)C(O)C(F)(F)F)C(O)C(F)(F)F)C1OC1C(F)(F)F)C(=O)C(F)(F)F. The van der Waals surface area contributed by atoms with Gasteiger partial charge in [0.15, 0.2) is 6.10 Å². The zero-order valence-corrected chi connectivity index (χ0v) is 28.4. The van der Waals surface area contributed by atoms with Crippen molar-refractivity contribution in [3.8, 4) is 0 Å². The van der Waals surface area contributed by atoms with Crippen molar-refractivity contribution in [2.24, 2.45) is 0 Å². The van der Waals surface area contributed by atoms with Crippen LogP contribution in [0.15, 0.2) is 0 Å². The fourth-order valence-corrected chi connectivity index (χ4v) is 5.29. The summed E-state index contributed by atoms with van der Waals surface area (Å²) >= 11 is 0. The van der Waals surface area contributed by atoms with Gasteiger partial charge in [-0.1, -0.05) is 0 Å². The summed E-state index contributed by atoms with van der Waals surface area (Å²) in [6.45, 7) is -2.52. The number of amides is 1. The molecular weight excluding hydrogens is 728 g/mol. The Kier molecular flexibility index (Phi) is 20.3. The average Bonchev–Trinajstić information content (AvgIpc) is 3.83. The molecule has 304 valence electrons. The van der Waals surface area contributed by atoms with Crippen molar-refractivity contribution < 1.29 is 81.9 Å². The van der Waals surface area contributed by atoms with Crippen LogP contribution in [-0.4, -0.2) is 165 Å². The Hall–Kier alpha value is -1.69. The molecule has 10 nitrogen and oxygen atoms in total. The maximum absolute atomic E-state index is 13.4. The first-order valence-corrected chi connectivity index (χ1v) is 16.3. The Morgan fingerprint density at radius 2 is 0.980 bits per heavy atom. The molecule has 0 bridgehead atoms. The lowest BCUT2D eigenvalue weighted by Crippen LogP contribution is -2.49. The van der Waals surface area contributed by atoms with Gasteiger partial charge in [-0.3, -0.25) is 19.5 Å². The smallest absolute Gasteiger partial charge is 0.385 e. The van der Waals surface area contributed by atoms with Gasteiger partial charge in [0.1, 0.15) is 6.23 Å². The van der Waals surface area contributed by atoms with Crippen LogP contribution in [0, 0.1) is 0 Å². The zero-order chi connectivity index (χ0) is 39.0. The number of carbonyl (C=O) groups is 1. The summed E-state index contributed by atoms with van der Waals surface area (Å²) in [5, 5.41) is 19.6. The first-order chi connectivity index (χ1) is 23.6. The first kappa shape index (κ1) is 47.3. The minimum absolute atomic E-state index is 0.0634. The van der Waals surface area contributed by atoms with Crippen molar-refractivity contribution in [2.45, 2.75) is 101 Å². The molecule has 0 saturated carbocycles. The lowest BCUT2D eigenvalue weighted by Gasteiger charge is -2.32. The second-order valence-electron chi connectivity index (χ2n) is 12.0. The number of methoxy groups -OCH3 is 2. The maximum Gasteiger partial charge on any atom is 0.471 e. The van der Waals surface area contributed by atoms with E-state index in [4.69, 9.17) is 14.2 Å². The number of hydrogen-bond acceptors (Lipinski definition) is 9. The standard InChI is InChI=1S/C29H48F12N4O6/c1-49-19-7-5-13-44(24(47)28(36,37)38)16-9-15-42(22-21(51-22)26(30,31)32)11-3-4-12-43(23(46)27(33,34)35)17-10-18-45(14-6-8-20-50-2)25(48)29(39,40)41/h21-23,25,46,48H,3-20H2,1-2H3. The molecule has 1 aliphatic heterocycles. The Morgan fingerprint density at radius 1 is 0.608 bits per heavy atom. The quantitative estimate of drug-likeness (QED) is 0.0559. The molecule has 0 aromatic carbocycles. The third-order valence-corrected chi connectivity index (χ3v) is 7.93. The van der Waals surface area contributed by atoms with Crippen LogP contribution in [0.2, 0.25) is 0 Å². The number of unbranched alkanes of at least 4 members (excludes halogenated alkanes) is 3. The van der Waals surface area contributed by atoms with Gasteiger partial charge in [-0.05, 0) is 51.4 Å². The normalized spacial score (nSPS) is 18.6. The number of aliphatic hydroxyl groups excluding tert-OH is 2. The molecule has 51 heavy (non-hydrogen) atoms. The van der Waals surface area contributed by atoms with E-state index in [1.807, 2.05) is 0 Å². The van der Waals surface area contributed by atoms with E-state index in [1.54, 1.807) is 0 Å². The Morgan fingerprint density at radius 3 is 1.39 bits per heavy atom. The van der Waals surface area contributed by atoms with Crippen molar-refractivity contribution in [1.82, 2.24) is 19.6 Å². The molecule has 2 N–H and O–H groups in total. The topological polar surface area (TPSA) is 101 Å². The number of halogens is 12. The molecule has 1 aliphatic rings. The molecule has 0 spiro atoms. The number of alkyl halides is 12. The van der Waals surface area contributed by atoms with Crippen LogP contribution in [0.4, 0.5) is 52.7 Å². The Balaban J connectivity index is 2.89. The van der Waals surface area contributed by atoms with Gasteiger partial charge in [0.2, 0.25) is 12.5 Å². The minimum Gasteiger partial charge on any atom is -0.385 e. The number of ether oxygens (including phenoxy) is 3. The fourth-order valence-electron chi connectivity index (χ4n) is 5.29. The van der Waals surface area contributed by atoms with Crippen LogP contribution in [0.3, 0.4) is 0 Å². The molecule has 0 radical (unpaired) electrons. The number of rotatable bonds is 26. The average molecular weight is 777 g/mol. The fraction of sp³-hybridized carbons (Fsp3) is 0.966. The second-order valence-corrected chi connectivity index (χ2v) is 12.0. The van der Waals surface area contributed by atoms with Gasteiger partial charge >= 0.3 is 30.6 Å². The number of epoxide rings is 1. The van der Waals surface area contributed by atoms with Crippen LogP contribution in [0.1, 0.15) is 51.4 Å². The van der Waals surface area contributed by atoms with E-state index in [1.165, 1.54) is 14.2 Å². The van der Waals surface area contributed by atoms with E-state index in [0.29, 0.717) is 27.5 Å². The van der Waals surface area contributed by atoms with Crippen molar-refractivity contribution in [1.29, 1.82) is 0 Å². The van der Waals surface area contributed by atoms with Crippen molar-refractivity contribution in [3.05, 3.63) is 0 Å². The molecule has 4 unspecified atom stereocenters. The largest absolute Gasteiger partial charge is 0.471 e. The third kappa shape index (κ3) is 18.3. The molecule has 1 amide bonds. The molecule has 0 aromatic rings. The number of hydrogen-bond donors (Lipinski definition) is 2. The van der Waals surface area contributed by atoms with Gasteiger partial charge < -0.3 is 29.3 Å². The van der Waals surface area contributed by atoms with Gasteiger partial charge in [-0.25, -0.2) is 0 Å². The maximum atomic E-state index is 13.4. The van der Waals surface area contributed by atoms with E-state index in [2.05, 4.69) is 0 Å². The Labute approximate surface area is 288 Å². The highest BCUT2D eigenvalue weighted by molar-refractivity contribution is 5.81. The van der Waals surface area contributed by atoms with Gasteiger partial charge in [-0.2, -0.15) is 52.7 Å². The summed E-state index contributed by atoms with van der Waals surface area (Å²) in [7, 11) is 2.76. The monoisotopic (exact) mass is 776 g/mol. The van der Waals surface area contributed by atoms with Gasteiger partial charge in [-0.15, -0.1) is 0 Å². The van der Waals surface area contributed by atoms with E-state index in [9.17, 15) is 67.7 Å². The van der Waals surface area contributed by atoms with Crippen molar-refractivity contribution >= 4 is 5.91 Å². The summed E-state index contributed by atoms with van der Waals surface area (Å²) in [6.07, 6.45) is -29.5. The highest BCUT2D eigenvalue weighted by atomic mass is 19.4. The lowest BCUT2D eigenvalue weighted by molar-refractivity contribution is -0.254. The molecule has 1 heterocycles.